The highest BCUT2D eigenvalue weighted by Crippen LogP contribution is 2.32. The van der Waals surface area contributed by atoms with Crippen LogP contribution in [-0.4, -0.2) is 22.3 Å². The molecular weight excluding hydrogens is 347 g/mol. The second kappa shape index (κ2) is 7.89. The summed E-state index contributed by atoms with van der Waals surface area (Å²) in [4.78, 5) is 0. The molecule has 4 rings (SSSR count). The number of phenolic OH excluding ortho intramolecular Hbond substituents is 1. The van der Waals surface area contributed by atoms with Crippen LogP contribution in [0.1, 0.15) is 22.3 Å². The van der Waals surface area contributed by atoms with Gasteiger partial charge in [-0.1, -0.05) is 84.9 Å². The predicted molar refractivity (Wildman–Crippen MR) is 114 cm³/mol. The van der Waals surface area contributed by atoms with Gasteiger partial charge in [-0.3, -0.25) is 0 Å². The van der Waals surface area contributed by atoms with Crippen molar-refractivity contribution >= 4 is 23.4 Å². The first-order chi connectivity index (χ1) is 13.6. The van der Waals surface area contributed by atoms with Gasteiger partial charge in [0.05, 0.1) is 0 Å². The molecule has 4 aromatic carbocycles. The second-order valence-electron chi connectivity index (χ2n) is 6.96. The number of fused-ring (bicyclic) bond motifs is 1. The summed E-state index contributed by atoms with van der Waals surface area (Å²) >= 11 is 0. The van der Waals surface area contributed by atoms with Gasteiger partial charge >= 0.3 is 7.12 Å². The maximum absolute atomic E-state index is 11.1. The summed E-state index contributed by atoms with van der Waals surface area (Å²) in [5.74, 6) is -0.0384. The van der Waals surface area contributed by atoms with E-state index in [9.17, 15) is 15.2 Å². The van der Waals surface area contributed by atoms with E-state index in [0.717, 1.165) is 27.5 Å². The zero-order valence-corrected chi connectivity index (χ0v) is 15.4. The van der Waals surface area contributed by atoms with Crippen molar-refractivity contribution in [3.8, 4) is 5.75 Å². The highest BCUT2D eigenvalue weighted by molar-refractivity contribution is 6.61. The van der Waals surface area contributed by atoms with E-state index in [4.69, 9.17) is 0 Å². The molecule has 3 nitrogen and oxygen atoms in total. The minimum Gasteiger partial charge on any atom is -0.508 e. The van der Waals surface area contributed by atoms with Gasteiger partial charge in [-0.05, 0) is 33.9 Å². The Morgan fingerprint density at radius 1 is 0.571 bits per heavy atom. The lowest BCUT2D eigenvalue weighted by Crippen LogP contribution is -2.34. The van der Waals surface area contributed by atoms with E-state index in [1.165, 1.54) is 0 Å². The fourth-order valence-corrected chi connectivity index (χ4v) is 3.84. The SMILES string of the molecule is OB(O)c1c(O)c(Cc2ccccc2)c2ccccc2c1Cc1ccccc1. The lowest BCUT2D eigenvalue weighted by Gasteiger charge is -2.19. The van der Waals surface area contributed by atoms with Gasteiger partial charge in [0.25, 0.3) is 0 Å². The highest BCUT2D eigenvalue weighted by Gasteiger charge is 2.26. The van der Waals surface area contributed by atoms with Crippen LogP contribution in [0.15, 0.2) is 84.9 Å². The molecule has 0 spiro atoms. The average molecular weight is 368 g/mol. The summed E-state index contributed by atoms with van der Waals surface area (Å²) in [6.45, 7) is 0. The first kappa shape index (κ1) is 18.3. The van der Waals surface area contributed by atoms with Crippen LogP contribution in [0.3, 0.4) is 0 Å². The second-order valence-corrected chi connectivity index (χ2v) is 6.96. The van der Waals surface area contributed by atoms with Gasteiger partial charge < -0.3 is 15.2 Å². The molecule has 0 fully saturated rings. The quantitative estimate of drug-likeness (QED) is 0.473. The van der Waals surface area contributed by atoms with Crippen LogP contribution in [0, 0.1) is 0 Å². The number of phenols is 1. The van der Waals surface area contributed by atoms with E-state index in [0.29, 0.717) is 18.4 Å². The van der Waals surface area contributed by atoms with E-state index < -0.39 is 7.12 Å². The first-order valence-corrected chi connectivity index (χ1v) is 9.34. The van der Waals surface area contributed by atoms with E-state index in [1.54, 1.807) is 0 Å². The fourth-order valence-electron chi connectivity index (χ4n) is 3.84. The Hall–Kier alpha value is -3.08. The Labute approximate surface area is 164 Å². The average Bonchev–Trinajstić information content (AvgIpc) is 2.72. The first-order valence-electron chi connectivity index (χ1n) is 9.34. The monoisotopic (exact) mass is 368 g/mol. The molecule has 28 heavy (non-hydrogen) atoms. The van der Waals surface area contributed by atoms with Crippen molar-refractivity contribution in [3.05, 3.63) is 107 Å². The van der Waals surface area contributed by atoms with E-state index in [2.05, 4.69) is 0 Å². The maximum Gasteiger partial charge on any atom is 0.492 e. The van der Waals surface area contributed by atoms with Crippen molar-refractivity contribution < 1.29 is 15.2 Å². The molecule has 0 aliphatic heterocycles. The number of aromatic hydroxyl groups is 1. The van der Waals surface area contributed by atoms with Crippen molar-refractivity contribution in [1.29, 1.82) is 0 Å². The van der Waals surface area contributed by atoms with Crippen molar-refractivity contribution in [2.75, 3.05) is 0 Å². The van der Waals surface area contributed by atoms with Gasteiger partial charge in [0.2, 0.25) is 0 Å². The molecule has 0 bridgehead atoms. The highest BCUT2D eigenvalue weighted by atomic mass is 16.4. The summed E-state index contributed by atoms with van der Waals surface area (Å²) in [6, 6.07) is 27.6. The zero-order valence-electron chi connectivity index (χ0n) is 15.4. The Bertz CT molecular complexity index is 1090. The van der Waals surface area contributed by atoms with Crippen LogP contribution < -0.4 is 5.46 Å². The van der Waals surface area contributed by atoms with Crippen LogP contribution >= 0.6 is 0 Å². The topological polar surface area (TPSA) is 60.7 Å². The minimum absolute atomic E-state index is 0.0384. The normalized spacial score (nSPS) is 10.9. The van der Waals surface area contributed by atoms with Crippen LogP contribution in [0.5, 0.6) is 5.75 Å². The molecule has 0 amide bonds. The largest absolute Gasteiger partial charge is 0.508 e. The summed E-state index contributed by atoms with van der Waals surface area (Å²) < 4.78 is 0. The van der Waals surface area contributed by atoms with Gasteiger partial charge in [0, 0.05) is 17.4 Å². The smallest absolute Gasteiger partial charge is 0.492 e. The summed E-state index contributed by atoms with van der Waals surface area (Å²) in [7, 11) is -1.75. The minimum atomic E-state index is -1.75. The Morgan fingerprint density at radius 2 is 1.00 bits per heavy atom. The van der Waals surface area contributed by atoms with Crippen LogP contribution in [-0.2, 0) is 12.8 Å². The van der Waals surface area contributed by atoms with Crippen molar-refractivity contribution in [1.82, 2.24) is 0 Å². The standard InChI is InChI=1S/C24H21BO3/c26-24-22(16-18-11-5-2-6-12-18)20-14-8-7-13-19(20)21(23(24)25(27)28)15-17-9-3-1-4-10-17/h1-14,26-28H,15-16H2. The van der Waals surface area contributed by atoms with E-state index >= 15 is 0 Å². The molecule has 4 aromatic rings. The van der Waals surface area contributed by atoms with Crippen LogP contribution in [0.25, 0.3) is 10.8 Å². The molecular formula is C24H21BO3. The molecule has 0 unspecified atom stereocenters. The molecule has 4 heteroatoms. The van der Waals surface area contributed by atoms with Gasteiger partial charge in [-0.25, -0.2) is 0 Å². The molecule has 138 valence electrons. The molecule has 0 radical (unpaired) electrons. The molecule has 0 atom stereocenters. The lowest BCUT2D eigenvalue weighted by molar-refractivity contribution is 0.418. The van der Waals surface area contributed by atoms with Gasteiger partial charge in [0.1, 0.15) is 5.75 Å². The molecule has 0 saturated carbocycles. The Morgan fingerprint density at radius 3 is 1.50 bits per heavy atom. The van der Waals surface area contributed by atoms with Crippen molar-refractivity contribution in [3.63, 3.8) is 0 Å². The zero-order chi connectivity index (χ0) is 19.5. The van der Waals surface area contributed by atoms with Gasteiger partial charge in [0.15, 0.2) is 0 Å². The molecule has 0 saturated heterocycles. The Balaban J connectivity index is 1.94. The lowest BCUT2D eigenvalue weighted by atomic mass is 9.71. The third-order valence-electron chi connectivity index (χ3n) is 5.15. The van der Waals surface area contributed by atoms with Crippen molar-refractivity contribution in [2.45, 2.75) is 12.8 Å². The predicted octanol–water partition coefficient (Wildman–Crippen LogP) is 3.41. The van der Waals surface area contributed by atoms with Gasteiger partial charge in [-0.15, -0.1) is 0 Å². The fraction of sp³-hybridized carbons (Fsp3) is 0.0833. The maximum atomic E-state index is 11.1. The number of rotatable bonds is 5. The summed E-state index contributed by atoms with van der Waals surface area (Å²) in [5, 5.41) is 33.1. The van der Waals surface area contributed by atoms with Crippen LogP contribution in [0.2, 0.25) is 0 Å². The summed E-state index contributed by atoms with van der Waals surface area (Å²) in [6.07, 6.45) is 1.02. The van der Waals surface area contributed by atoms with E-state index in [-0.39, 0.29) is 11.2 Å². The number of hydrogen-bond donors (Lipinski definition) is 3. The molecule has 0 heterocycles. The van der Waals surface area contributed by atoms with Crippen LogP contribution in [0.4, 0.5) is 0 Å². The summed E-state index contributed by atoms with van der Waals surface area (Å²) in [5.41, 5.74) is 3.74. The number of hydrogen-bond acceptors (Lipinski definition) is 3. The molecule has 3 N–H and O–H groups in total. The third kappa shape index (κ3) is 3.52. The molecule has 0 aliphatic rings. The molecule has 0 aromatic heterocycles. The van der Waals surface area contributed by atoms with Crippen molar-refractivity contribution in [2.24, 2.45) is 0 Å². The third-order valence-corrected chi connectivity index (χ3v) is 5.15. The van der Waals surface area contributed by atoms with E-state index in [1.807, 2.05) is 84.9 Å². The molecule has 0 aliphatic carbocycles. The number of benzene rings is 4. The Kier molecular flexibility index (Phi) is 5.15. The van der Waals surface area contributed by atoms with Gasteiger partial charge in [-0.2, -0.15) is 0 Å².